The molecular formula is C18H25N3O. The first kappa shape index (κ1) is 14.1. The van der Waals surface area contributed by atoms with Crippen LogP contribution in [0.2, 0.25) is 0 Å². The quantitative estimate of drug-likeness (QED) is 0.901. The van der Waals surface area contributed by atoms with Crippen molar-refractivity contribution < 1.29 is 4.79 Å². The number of hydrogen-bond acceptors (Lipinski definition) is 2. The predicted octanol–water partition coefficient (Wildman–Crippen LogP) is 2.60. The fourth-order valence-electron chi connectivity index (χ4n) is 3.94. The highest BCUT2D eigenvalue weighted by Gasteiger charge is 2.32. The second kappa shape index (κ2) is 5.92. The van der Waals surface area contributed by atoms with Crippen molar-refractivity contribution in [3.8, 4) is 0 Å². The molecule has 2 N–H and O–H groups in total. The predicted molar refractivity (Wildman–Crippen MR) is 86.8 cm³/mol. The molecule has 0 unspecified atom stereocenters. The van der Waals surface area contributed by atoms with E-state index in [4.69, 9.17) is 0 Å². The molecule has 1 aromatic rings. The molecule has 1 atom stereocenters. The van der Waals surface area contributed by atoms with Gasteiger partial charge in [-0.2, -0.15) is 0 Å². The van der Waals surface area contributed by atoms with Crippen LogP contribution in [0, 0.1) is 0 Å². The van der Waals surface area contributed by atoms with Gasteiger partial charge in [0.15, 0.2) is 0 Å². The highest BCUT2D eigenvalue weighted by Crippen LogP contribution is 2.31. The Balaban J connectivity index is 1.27. The molecule has 1 aliphatic heterocycles. The van der Waals surface area contributed by atoms with E-state index in [9.17, 15) is 4.79 Å². The molecule has 3 aliphatic rings. The number of carbonyl (C=O) groups excluding carboxylic acids is 1. The van der Waals surface area contributed by atoms with Gasteiger partial charge in [0.1, 0.15) is 0 Å². The van der Waals surface area contributed by atoms with Crippen molar-refractivity contribution in [1.82, 2.24) is 15.5 Å². The second-order valence-electron chi connectivity index (χ2n) is 6.95. The molecule has 4 heteroatoms. The van der Waals surface area contributed by atoms with E-state index in [0.29, 0.717) is 6.04 Å². The molecule has 2 aliphatic carbocycles. The normalized spacial score (nSPS) is 25.7. The van der Waals surface area contributed by atoms with Crippen molar-refractivity contribution in [3.05, 3.63) is 35.4 Å². The summed E-state index contributed by atoms with van der Waals surface area (Å²) in [6.45, 7) is 2.28. The average molecular weight is 299 g/mol. The fraction of sp³-hybridized carbons (Fsp3) is 0.611. The summed E-state index contributed by atoms with van der Waals surface area (Å²) in [5, 5.41) is 6.34. The van der Waals surface area contributed by atoms with Gasteiger partial charge in [0, 0.05) is 25.2 Å². The molecule has 4 nitrogen and oxygen atoms in total. The van der Waals surface area contributed by atoms with E-state index in [1.807, 2.05) is 0 Å². The molecule has 0 bridgehead atoms. The van der Waals surface area contributed by atoms with E-state index in [0.717, 1.165) is 44.8 Å². The number of hydrogen-bond donors (Lipinski definition) is 2. The molecule has 1 saturated heterocycles. The first-order chi connectivity index (χ1) is 10.8. The third kappa shape index (κ3) is 2.98. The summed E-state index contributed by atoms with van der Waals surface area (Å²) in [5.41, 5.74) is 2.67. The lowest BCUT2D eigenvalue weighted by atomic mass is 10.1. The van der Waals surface area contributed by atoms with Crippen molar-refractivity contribution in [3.63, 3.8) is 0 Å². The number of fused-ring (bicyclic) bond motifs is 1. The number of urea groups is 1. The summed E-state index contributed by atoms with van der Waals surface area (Å²) in [6, 6.07) is 9.83. The fourth-order valence-corrected chi connectivity index (χ4v) is 3.94. The largest absolute Gasteiger partial charge is 0.335 e. The van der Waals surface area contributed by atoms with Crippen molar-refractivity contribution in [1.29, 1.82) is 0 Å². The van der Waals surface area contributed by atoms with E-state index >= 15 is 0 Å². The maximum atomic E-state index is 12.3. The molecule has 0 spiro atoms. The van der Waals surface area contributed by atoms with Crippen LogP contribution in [0.15, 0.2) is 24.3 Å². The van der Waals surface area contributed by atoms with E-state index in [-0.39, 0.29) is 12.1 Å². The Kier molecular flexibility index (Phi) is 3.78. The Morgan fingerprint density at radius 1 is 1.00 bits per heavy atom. The first-order valence-electron chi connectivity index (χ1n) is 8.68. The number of rotatable bonds is 3. The highest BCUT2D eigenvalue weighted by atomic mass is 16.2. The molecule has 1 aromatic carbocycles. The van der Waals surface area contributed by atoms with Gasteiger partial charge in [-0.15, -0.1) is 0 Å². The van der Waals surface area contributed by atoms with E-state index in [1.54, 1.807) is 0 Å². The van der Waals surface area contributed by atoms with Crippen LogP contribution in [-0.2, 0) is 6.42 Å². The van der Waals surface area contributed by atoms with Gasteiger partial charge in [0.25, 0.3) is 0 Å². The van der Waals surface area contributed by atoms with Crippen LogP contribution in [0.4, 0.5) is 4.79 Å². The third-order valence-corrected chi connectivity index (χ3v) is 5.37. The van der Waals surface area contributed by atoms with Crippen molar-refractivity contribution in [2.75, 3.05) is 13.1 Å². The molecule has 1 heterocycles. The van der Waals surface area contributed by atoms with Gasteiger partial charge in [-0.1, -0.05) is 24.3 Å². The van der Waals surface area contributed by atoms with Crippen molar-refractivity contribution >= 4 is 6.03 Å². The molecule has 4 rings (SSSR count). The smallest absolute Gasteiger partial charge is 0.315 e. The van der Waals surface area contributed by atoms with Crippen molar-refractivity contribution in [2.45, 2.75) is 56.7 Å². The molecule has 1 saturated carbocycles. The minimum atomic E-state index is 0.00609. The second-order valence-corrected chi connectivity index (χ2v) is 6.95. The zero-order valence-electron chi connectivity index (χ0n) is 13.1. The molecule has 2 amide bonds. The van der Waals surface area contributed by atoms with Crippen LogP contribution >= 0.6 is 0 Å². The molecular weight excluding hydrogens is 274 g/mol. The van der Waals surface area contributed by atoms with E-state index in [1.165, 1.54) is 24.0 Å². The summed E-state index contributed by atoms with van der Waals surface area (Å²) in [5.74, 6) is 0. The van der Waals surface area contributed by atoms with Gasteiger partial charge in [0.2, 0.25) is 0 Å². The monoisotopic (exact) mass is 299 g/mol. The van der Waals surface area contributed by atoms with E-state index in [2.05, 4.69) is 39.8 Å². The van der Waals surface area contributed by atoms with Gasteiger partial charge in [-0.25, -0.2) is 4.79 Å². The van der Waals surface area contributed by atoms with Gasteiger partial charge in [-0.3, -0.25) is 0 Å². The lowest BCUT2D eigenvalue weighted by molar-refractivity contribution is 0.185. The number of likely N-dealkylation sites (tertiary alicyclic amines) is 1. The first-order valence-corrected chi connectivity index (χ1v) is 8.68. The van der Waals surface area contributed by atoms with Crippen LogP contribution in [0.5, 0.6) is 0 Å². The summed E-state index contributed by atoms with van der Waals surface area (Å²) in [7, 11) is 0. The van der Waals surface area contributed by atoms with Gasteiger partial charge in [0.05, 0.1) is 6.04 Å². The number of carbonyl (C=O) groups is 1. The maximum Gasteiger partial charge on any atom is 0.315 e. The molecule has 0 aromatic heterocycles. The number of nitrogens with zero attached hydrogens (tertiary/aromatic N) is 1. The van der Waals surface area contributed by atoms with Crippen molar-refractivity contribution in [2.24, 2.45) is 0 Å². The van der Waals surface area contributed by atoms with E-state index < -0.39 is 0 Å². The standard InChI is InChI=1S/C18H25N3O/c22-18(19-14-9-11-21(12-10-14)15-6-7-15)20-17-8-5-13-3-1-2-4-16(13)17/h1-4,14-15,17H,5-12H2,(H2,19,20,22)/t17-/m0/s1. The Morgan fingerprint density at radius 2 is 1.77 bits per heavy atom. The Labute approximate surface area is 132 Å². The highest BCUT2D eigenvalue weighted by molar-refractivity contribution is 5.75. The number of piperidine rings is 1. The lowest BCUT2D eigenvalue weighted by Crippen LogP contribution is -2.48. The summed E-state index contributed by atoms with van der Waals surface area (Å²) >= 11 is 0. The SMILES string of the molecule is O=C(NC1CCN(C2CC2)CC1)N[C@H]1CCc2ccccc21. The maximum absolute atomic E-state index is 12.3. The number of nitrogens with one attached hydrogen (secondary N) is 2. The Morgan fingerprint density at radius 3 is 2.55 bits per heavy atom. The number of benzene rings is 1. The molecule has 0 radical (unpaired) electrons. The minimum absolute atomic E-state index is 0.00609. The summed E-state index contributed by atoms with van der Waals surface area (Å²) < 4.78 is 0. The lowest BCUT2D eigenvalue weighted by Gasteiger charge is -2.32. The topological polar surface area (TPSA) is 44.4 Å². The number of aryl methyl sites for hydroxylation is 1. The van der Waals surface area contributed by atoms with Gasteiger partial charge >= 0.3 is 6.03 Å². The zero-order valence-corrected chi connectivity index (χ0v) is 13.1. The minimum Gasteiger partial charge on any atom is -0.335 e. The summed E-state index contributed by atoms with van der Waals surface area (Å²) in [6.07, 6.45) is 7.02. The van der Waals surface area contributed by atoms with Gasteiger partial charge < -0.3 is 15.5 Å². The zero-order chi connectivity index (χ0) is 14.9. The van der Waals surface area contributed by atoms with Crippen LogP contribution < -0.4 is 10.6 Å². The molecule has 2 fully saturated rings. The van der Waals surface area contributed by atoms with Crippen LogP contribution in [0.25, 0.3) is 0 Å². The van der Waals surface area contributed by atoms with Crippen LogP contribution in [0.1, 0.15) is 49.3 Å². The van der Waals surface area contributed by atoms with Crippen LogP contribution in [0.3, 0.4) is 0 Å². The molecule has 118 valence electrons. The Hall–Kier alpha value is -1.55. The van der Waals surface area contributed by atoms with Crippen LogP contribution in [-0.4, -0.2) is 36.1 Å². The average Bonchev–Trinajstić information content (AvgIpc) is 3.31. The summed E-state index contributed by atoms with van der Waals surface area (Å²) in [4.78, 5) is 14.9. The third-order valence-electron chi connectivity index (χ3n) is 5.37. The molecule has 22 heavy (non-hydrogen) atoms. The number of amides is 2. The van der Waals surface area contributed by atoms with Gasteiger partial charge in [-0.05, 0) is 49.7 Å². The Bertz CT molecular complexity index is 547.